The van der Waals surface area contributed by atoms with E-state index in [1.165, 1.54) is 5.69 Å². The number of aromatic nitrogens is 2. The van der Waals surface area contributed by atoms with Crippen molar-refractivity contribution < 1.29 is 9.84 Å². The molecule has 0 bridgehead atoms. The molecule has 78 valence electrons. The molecular formula is C10H16N2O2. The van der Waals surface area contributed by atoms with E-state index >= 15 is 0 Å². The molecule has 1 aliphatic carbocycles. The predicted molar refractivity (Wildman–Crippen MR) is 51.9 cm³/mol. The molecule has 0 spiro atoms. The molecule has 2 N–H and O–H groups in total. The molecule has 1 unspecified atom stereocenters. The molecule has 0 saturated heterocycles. The van der Waals surface area contributed by atoms with Crippen molar-refractivity contribution in [2.24, 2.45) is 5.92 Å². The lowest BCUT2D eigenvalue weighted by Gasteiger charge is -2.18. The molecule has 4 heteroatoms. The van der Waals surface area contributed by atoms with E-state index in [0.717, 1.165) is 30.8 Å². The predicted octanol–water partition coefficient (Wildman–Crippen LogP) is 0.653. The molecule has 2 rings (SSSR count). The third-order valence-corrected chi connectivity index (χ3v) is 2.73. The van der Waals surface area contributed by atoms with E-state index in [1.807, 2.05) is 0 Å². The van der Waals surface area contributed by atoms with Gasteiger partial charge in [0, 0.05) is 19.4 Å². The molecule has 0 amide bonds. The Morgan fingerprint density at radius 2 is 2.50 bits per heavy atom. The number of aryl methyl sites for hydroxylation is 1. The first-order valence-corrected chi connectivity index (χ1v) is 5.00. The Morgan fingerprint density at radius 3 is 3.21 bits per heavy atom. The van der Waals surface area contributed by atoms with Gasteiger partial charge in [-0.05, 0) is 25.2 Å². The smallest absolute Gasteiger partial charge is 0.132 e. The van der Waals surface area contributed by atoms with E-state index in [9.17, 15) is 0 Å². The van der Waals surface area contributed by atoms with Crippen molar-refractivity contribution in [2.45, 2.75) is 25.9 Å². The molecule has 14 heavy (non-hydrogen) atoms. The van der Waals surface area contributed by atoms with Gasteiger partial charge < -0.3 is 14.8 Å². The number of methoxy groups -OCH3 is 1. The number of H-pyrrole nitrogens is 1. The topological polar surface area (TPSA) is 58.1 Å². The van der Waals surface area contributed by atoms with Gasteiger partial charge in [-0.25, -0.2) is 4.98 Å². The summed E-state index contributed by atoms with van der Waals surface area (Å²) in [7, 11) is 1.66. The molecule has 0 aliphatic heterocycles. The second-order valence-corrected chi connectivity index (χ2v) is 3.83. The van der Waals surface area contributed by atoms with Crippen molar-refractivity contribution in [3.05, 3.63) is 17.2 Å². The largest absolute Gasteiger partial charge is 0.396 e. The molecule has 0 radical (unpaired) electrons. The number of aliphatic hydroxyl groups is 1. The third-order valence-electron chi connectivity index (χ3n) is 2.73. The van der Waals surface area contributed by atoms with Crippen LogP contribution in [0.3, 0.4) is 0 Å². The highest BCUT2D eigenvalue weighted by Crippen LogP contribution is 2.23. The number of nitrogens with one attached hydrogen (secondary N) is 1. The van der Waals surface area contributed by atoms with Gasteiger partial charge >= 0.3 is 0 Å². The van der Waals surface area contributed by atoms with Gasteiger partial charge in [-0.15, -0.1) is 0 Å². The molecule has 1 aromatic heterocycles. The molecule has 1 aliphatic rings. The van der Waals surface area contributed by atoms with E-state index in [1.54, 1.807) is 7.11 Å². The summed E-state index contributed by atoms with van der Waals surface area (Å²) in [5.41, 5.74) is 2.34. The van der Waals surface area contributed by atoms with Crippen molar-refractivity contribution in [3.8, 4) is 0 Å². The highest BCUT2D eigenvalue weighted by atomic mass is 16.5. The fourth-order valence-corrected chi connectivity index (χ4v) is 1.97. The highest BCUT2D eigenvalue weighted by Gasteiger charge is 2.21. The van der Waals surface area contributed by atoms with E-state index in [2.05, 4.69) is 9.97 Å². The number of fused-ring (bicyclic) bond motifs is 1. The lowest BCUT2D eigenvalue weighted by Crippen LogP contribution is -2.17. The lowest BCUT2D eigenvalue weighted by molar-refractivity contribution is 0.178. The Kier molecular flexibility index (Phi) is 2.84. The normalized spacial score (nSPS) is 20.9. The summed E-state index contributed by atoms with van der Waals surface area (Å²) in [4.78, 5) is 7.70. The Bertz CT molecular complexity index is 309. The summed E-state index contributed by atoms with van der Waals surface area (Å²) in [6.07, 6.45) is 2.93. The fourth-order valence-electron chi connectivity index (χ4n) is 1.97. The maximum atomic E-state index is 9.07. The van der Waals surface area contributed by atoms with Gasteiger partial charge in [0.05, 0.1) is 5.69 Å². The van der Waals surface area contributed by atoms with Crippen LogP contribution in [0.1, 0.15) is 23.6 Å². The Hall–Kier alpha value is -0.870. The van der Waals surface area contributed by atoms with Crippen LogP contribution in [0.5, 0.6) is 0 Å². The number of aromatic amines is 1. The molecule has 0 saturated carbocycles. The van der Waals surface area contributed by atoms with Crippen LogP contribution in [-0.2, 0) is 24.2 Å². The van der Waals surface area contributed by atoms with Crippen LogP contribution in [0.4, 0.5) is 0 Å². The van der Waals surface area contributed by atoms with Gasteiger partial charge in [-0.2, -0.15) is 0 Å². The zero-order valence-corrected chi connectivity index (χ0v) is 8.42. The minimum absolute atomic E-state index is 0.276. The van der Waals surface area contributed by atoms with E-state index in [-0.39, 0.29) is 6.61 Å². The first kappa shape index (κ1) is 9.68. The van der Waals surface area contributed by atoms with Gasteiger partial charge in [0.1, 0.15) is 12.4 Å². The van der Waals surface area contributed by atoms with Gasteiger partial charge in [0.15, 0.2) is 0 Å². The van der Waals surface area contributed by atoms with Crippen LogP contribution >= 0.6 is 0 Å². The molecule has 1 heterocycles. The van der Waals surface area contributed by atoms with Crippen molar-refractivity contribution in [1.82, 2.24) is 9.97 Å². The molecule has 0 fully saturated rings. The average molecular weight is 196 g/mol. The van der Waals surface area contributed by atoms with Crippen LogP contribution in [-0.4, -0.2) is 28.8 Å². The van der Waals surface area contributed by atoms with Crippen LogP contribution in [0.25, 0.3) is 0 Å². The monoisotopic (exact) mass is 196 g/mol. The number of nitrogens with zero attached hydrogens (tertiary/aromatic N) is 1. The van der Waals surface area contributed by atoms with E-state index < -0.39 is 0 Å². The van der Waals surface area contributed by atoms with Crippen molar-refractivity contribution in [3.63, 3.8) is 0 Å². The number of aliphatic hydroxyl groups excluding tert-OH is 1. The first-order valence-electron chi connectivity index (χ1n) is 5.00. The number of hydrogen-bond donors (Lipinski definition) is 2. The number of hydrogen-bond acceptors (Lipinski definition) is 3. The zero-order valence-electron chi connectivity index (χ0n) is 8.42. The summed E-state index contributed by atoms with van der Waals surface area (Å²) >= 11 is 0. The Morgan fingerprint density at radius 1 is 1.64 bits per heavy atom. The summed E-state index contributed by atoms with van der Waals surface area (Å²) in [5, 5.41) is 9.07. The van der Waals surface area contributed by atoms with Gasteiger partial charge in [0.25, 0.3) is 0 Å². The number of rotatable bonds is 3. The summed E-state index contributed by atoms with van der Waals surface area (Å²) < 4.78 is 5.02. The molecular weight excluding hydrogens is 180 g/mol. The minimum Gasteiger partial charge on any atom is -0.396 e. The Balaban J connectivity index is 2.12. The minimum atomic E-state index is 0.276. The summed E-state index contributed by atoms with van der Waals surface area (Å²) in [6.45, 7) is 0.814. The van der Waals surface area contributed by atoms with Crippen LogP contribution in [0.2, 0.25) is 0 Å². The van der Waals surface area contributed by atoms with Crippen molar-refractivity contribution >= 4 is 0 Å². The number of ether oxygens (including phenoxy) is 1. The zero-order chi connectivity index (χ0) is 9.97. The van der Waals surface area contributed by atoms with E-state index in [0.29, 0.717) is 12.5 Å². The maximum Gasteiger partial charge on any atom is 0.132 e. The lowest BCUT2D eigenvalue weighted by atomic mass is 9.91. The second-order valence-electron chi connectivity index (χ2n) is 3.83. The maximum absolute atomic E-state index is 9.07. The standard InChI is InChI=1S/C10H16N2O2/c1-14-6-10-11-8-3-2-7(5-13)4-9(8)12-10/h7,13H,2-6H2,1H3,(H,11,12). The summed E-state index contributed by atoms with van der Waals surface area (Å²) in [5.74, 6) is 1.30. The van der Waals surface area contributed by atoms with Crippen molar-refractivity contribution in [2.75, 3.05) is 13.7 Å². The fraction of sp³-hybridized carbons (Fsp3) is 0.700. The van der Waals surface area contributed by atoms with Gasteiger partial charge in [-0.3, -0.25) is 0 Å². The SMILES string of the molecule is COCc1nc2c([nH]1)CC(CO)CC2. The first-order chi connectivity index (χ1) is 6.83. The van der Waals surface area contributed by atoms with E-state index in [4.69, 9.17) is 9.84 Å². The van der Waals surface area contributed by atoms with Crippen LogP contribution in [0.15, 0.2) is 0 Å². The van der Waals surface area contributed by atoms with Crippen LogP contribution in [0, 0.1) is 5.92 Å². The Labute approximate surface area is 83.3 Å². The number of imidazole rings is 1. The average Bonchev–Trinajstić information content (AvgIpc) is 2.59. The van der Waals surface area contributed by atoms with Crippen LogP contribution < -0.4 is 0 Å². The van der Waals surface area contributed by atoms with Gasteiger partial charge in [0.2, 0.25) is 0 Å². The van der Waals surface area contributed by atoms with Gasteiger partial charge in [-0.1, -0.05) is 0 Å². The quantitative estimate of drug-likeness (QED) is 0.746. The molecule has 1 aromatic rings. The molecule has 4 nitrogen and oxygen atoms in total. The second kappa shape index (κ2) is 4.11. The molecule has 0 aromatic carbocycles. The van der Waals surface area contributed by atoms with Crippen molar-refractivity contribution in [1.29, 1.82) is 0 Å². The summed E-state index contributed by atoms with van der Waals surface area (Å²) in [6, 6.07) is 0. The molecule has 1 atom stereocenters. The highest BCUT2D eigenvalue weighted by molar-refractivity contribution is 5.18. The third kappa shape index (κ3) is 1.81.